The van der Waals surface area contributed by atoms with Crippen molar-refractivity contribution in [3.63, 3.8) is 0 Å². The Morgan fingerprint density at radius 2 is 1.85 bits per heavy atom. The first kappa shape index (κ1) is 21.2. The number of hydrogen-bond acceptors (Lipinski definition) is 2. The smallest absolute Gasteiger partial charge is 0.279 e. The van der Waals surface area contributed by atoms with Gasteiger partial charge in [0.1, 0.15) is 0 Å². The molecule has 0 heterocycles. The van der Waals surface area contributed by atoms with Crippen molar-refractivity contribution in [2.24, 2.45) is 5.92 Å². The van der Waals surface area contributed by atoms with Crippen LogP contribution in [0.25, 0.3) is 0 Å². The first-order chi connectivity index (χ1) is 12.7. The molecule has 4 atom stereocenters. The highest BCUT2D eigenvalue weighted by Crippen LogP contribution is 2.23. The number of carbonyl (C=O) groups excluding carboxylic acids is 2. The Bertz CT molecular complexity index is 699. The van der Waals surface area contributed by atoms with Gasteiger partial charge in [0.05, 0.1) is 12.7 Å². The summed E-state index contributed by atoms with van der Waals surface area (Å²) >= 11 is 0. The molecule has 2 rings (SSSR count). The Hall–Kier alpha value is -2.09. The Kier molecular flexibility index (Phi) is 7.24. The predicted molar refractivity (Wildman–Crippen MR) is 95.7 cm³/mol. The second kappa shape index (κ2) is 9.21. The summed E-state index contributed by atoms with van der Waals surface area (Å²) < 4.78 is 39.8. The number of amides is 2. The molecule has 1 aliphatic rings. The molecule has 1 aromatic carbocycles. The summed E-state index contributed by atoms with van der Waals surface area (Å²) in [5.74, 6) is -4.72. The van der Waals surface area contributed by atoms with Crippen LogP contribution in [0.4, 0.5) is 18.9 Å². The lowest BCUT2D eigenvalue weighted by atomic mass is 9.86. The number of quaternary nitrogens is 1. The van der Waals surface area contributed by atoms with E-state index in [4.69, 9.17) is 0 Å². The van der Waals surface area contributed by atoms with E-state index in [1.807, 2.05) is 0 Å². The summed E-state index contributed by atoms with van der Waals surface area (Å²) in [5.41, 5.74) is -0.431. The van der Waals surface area contributed by atoms with Gasteiger partial charge in [-0.15, -0.1) is 0 Å². The van der Waals surface area contributed by atoms with Gasteiger partial charge in [-0.3, -0.25) is 9.59 Å². The fourth-order valence-electron chi connectivity index (χ4n) is 3.29. The van der Waals surface area contributed by atoms with Gasteiger partial charge in [0.25, 0.3) is 11.8 Å². The molecule has 1 fully saturated rings. The average molecular weight is 386 g/mol. The molecule has 2 amide bonds. The van der Waals surface area contributed by atoms with Gasteiger partial charge in [-0.2, -0.15) is 0 Å². The molecule has 0 aromatic heterocycles. The first-order valence-corrected chi connectivity index (χ1v) is 9.26. The Labute approximate surface area is 157 Å². The monoisotopic (exact) mass is 386 g/mol. The molecule has 0 radical (unpaired) electrons. The van der Waals surface area contributed by atoms with E-state index >= 15 is 0 Å². The number of hydrogen-bond donors (Lipinski definition) is 3. The second-order valence-electron chi connectivity index (χ2n) is 7.39. The minimum atomic E-state index is -1.64. The molecule has 150 valence electrons. The molecule has 0 saturated heterocycles. The molecular formula is C19H27F3N3O2+. The molecule has 0 aliphatic heterocycles. The lowest BCUT2D eigenvalue weighted by Crippen LogP contribution is -3.15. The maximum absolute atomic E-state index is 13.6. The Morgan fingerprint density at radius 1 is 1.19 bits per heavy atom. The zero-order valence-corrected chi connectivity index (χ0v) is 15.9. The van der Waals surface area contributed by atoms with E-state index in [0.717, 1.165) is 31.4 Å². The van der Waals surface area contributed by atoms with Gasteiger partial charge in [-0.1, -0.05) is 19.8 Å². The molecule has 5 nitrogen and oxygen atoms in total. The molecule has 0 bridgehead atoms. The van der Waals surface area contributed by atoms with Crippen molar-refractivity contribution >= 4 is 17.5 Å². The average Bonchev–Trinajstić information content (AvgIpc) is 2.63. The minimum Gasteiger partial charge on any atom is -0.348 e. The van der Waals surface area contributed by atoms with Gasteiger partial charge < -0.3 is 15.5 Å². The third-order valence-electron chi connectivity index (χ3n) is 5.32. The van der Waals surface area contributed by atoms with E-state index in [1.54, 1.807) is 14.0 Å². The summed E-state index contributed by atoms with van der Waals surface area (Å²) in [5, 5.41) is 5.27. The fourth-order valence-corrected chi connectivity index (χ4v) is 3.29. The van der Waals surface area contributed by atoms with Gasteiger partial charge in [0.2, 0.25) is 0 Å². The third-order valence-corrected chi connectivity index (χ3v) is 5.32. The largest absolute Gasteiger partial charge is 0.348 e. The Balaban J connectivity index is 1.89. The van der Waals surface area contributed by atoms with Crippen LogP contribution in [0.2, 0.25) is 0 Å². The topological polar surface area (TPSA) is 62.6 Å². The Morgan fingerprint density at radius 3 is 2.52 bits per heavy atom. The summed E-state index contributed by atoms with van der Waals surface area (Å²) in [7, 11) is 1.68. The van der Waals surface area contributed by atoms with Gasteiger partial charge >= 0.3 is 0 Å². The molecular weight excluding hydrogens is 359 g/mol. The SMILES string of the molecule is C[C@@H]1CCCC[C@@H]1NC(=O)[C@@H](C)[NH+](C)CC(=O)Nc1ccc(F)c(F)c1F. The fraction of sp³-hybridized carbons (Fsp3) is 0.579. The zero-order chi connectivity index (χ0) is 20.1. The van der Waals surface area contributed by atoms with E-state index in [-0.39, 0.29) is 18.5 Å². The molecule has 1 aromatic rings. The highest BCUT2D eigenvalue weighted by atomic mass is 19.2. The molecule has 8 heteroatoms. The predicted octanol–water partition coefficient (Wildman–Crippen LogP) is 1.64. The van der Waals surface area contributed by atoms with Crippen molar-refractivity contribution in [3.8, 4) is 0 Å². The quantitative estimate of drug-likeness (QED) is 0.651. The van der Waals surface area contributed by atoms with Crippen LogP contribution in [0.15, 0.2) is 12.1 Å². The van der Waals surface area contributed by atoms with Crippen LogP contribution < -0.4 is 15.5 Å². The van der Waals surface area contributed by atoms with E-state index < -0.39 is 35.1 Å². The van der Waals surface area contributed by atoms with Crippen molar-refractivity contribution in [2.45, 2.75) is 51.6 Å². The van der Waals surface area contributed by atoms with Crippen LogP contribution in [0.1, 0.15) is 39.5 Å². The summed E-state index contributed by atoms with van der Waals surface area (Å²) in [4.78, 5) is 25.2. The molecule has 1 unspecified atom stereocenters. The number of likely N-dealkylation sites (N-methyl/N-ethyl adjacent to an activating group) is 1. The van der Waals surface area contributed by atoms with Crippen LogP contribution in [0, 0.1) is 23.4 Å². The van der Waals surface area contributed by atoms with E-state index in [2.05, 4.69) is 17.6 Å². The van der Waals surface area contributed by atoms with Crippen LogP contribution >= 0.6 is 0 Å². The summed E-state index contributed by atoms with van der Waals surface area (Å²) in [6.45, 7) is 3.71. The maximum Gasteiger partial charge on any atom is 0.279 e. The molecule has 27 heavy (non-hydrogen) atoms. The van der Waals surface area contributed by atoms with Gasteiger partial charge in [-0.05, 0) is 37.8 Å². The number of benzene rings is 1. The van der Waals surface area contributed by atoms with Crippen LogP contribution in [0.3, 0.4) is 0 Å². The number of rotatable bonds is 6. The number of anilines is 1. The number of carbonyl (C=O) groups is 2. The summed E-state index contributed by atoms with van der Waals surface area (Å²) in [6, 6.07) is 1.36. The zero-order valence-electron chi connectivity index (χ0n) is 15.9. The highest BCUT2D eigenvalue weighted by molar-refractivity contribution is 5.91. The van der Waals surface area contributed by atoms with Crippen molar-refractivity contribution < 1.29 is 27.7 Å². The normalized spacial score (nSPS) is 22.0. The summed E-state index contributed by atoms with van der Waals surface area (Å²) in [6.07, 6.45) is 4.31. The van der Waals surface area contributed by atoms with E-state index in [1.165, 1.54) is 6.42 Å². The van der Waals surface area contributed by atoms with Crippen LogP contribution in [-0.4, -0.2) is 37.5 Å². The van der Waals surface area contributed by atoms with Crippen molar-refractivity contribution in [1.29, 1.82) is 0 Å². The maximum atomic E-state index is 13.6. The standard InChI is InChI=1S/C19H26F3N3O2/c1-11-6-4-5-7-14(11)24-19(27)12(2)25(3)10-16(26)23-15-9-8-13(20)17(21)18(15)22/h8-9,11-12,14H,4-7,10H2,1-3H3,(H,23,26)(H,24,27)/p+1/t11-,12-,14+/m1/s1. The van der Waals surface area contributed by atoms with Crippen molar-refractivity contribution in [1.82, 2.24) is 5.32 Å². The number of halogens is 3. The van der Waals surface area contributed by atoms with Crippen molar-refractivity contribution in [3.05, 3.63) is 29.6 Å². The van der Waals surface area contributed by atoms with E-state index in [0.29, 0.717) is 10.8 Å². The van der Waals surface area contributed by atoms with E-state index in [9.17, 15) is 22.8 Å². The third kappa shape index (κ3) is 5.45. The minimum absolute atomic E-state index is 0.118. The van der Waals surface area contributed by atoms with Crippen molar-refractivity contribution in [2.75, 3.05) is 18.9 Å². The van der Waals surface area contributed by atoms with Crippen LogP contribution in [0.5, 0.6) is 0 Å². The van der Waals surface area contributed by atoms with Gasteiger partial charge in [0.15, 0.2) is 30.0 Å². The van der Waals surface area contributed by atoms with Crippen LogP contribution in [-0.2, 0) is 9.59 Å². The molecule has 1 saturated carbocycles. The lowest BCUT2D eigenvalue weighted by Gasteiger charge is -2.31. The highest BCUT2D eigenvalue weighted by Gasteiger charge is 2.29. The molecule has 3 N–H and O–H groups in total. The second-order valence-corrected chi connectivity index (χ2v) is 7.39. The number of nitrogens with one attached hydrogen (secondary N) is 3. The molecule has 1 aliphatic carbocycles. The van der Waals surface area contributed by atoms with Gasteiger partial charge in [-0.25, -0.2) is 13.2 Å². The van der Waals surface area contributed by atoms with Gasteiger partial charge in [0, 0.05) is 6.04 Å². The molecule has 0 spiro atoms. The lowest BCUT2D eigenvalue weighted by molar-refractivity contribution is -0.885. The first-order valence-electron chi connectivity index (χ1n) is 9.26.